The summed E-state index contributed by atoms with van der Waals surface area (Å²) in [6.07, 6.45) is 5.40. The van der Waals surface area contributed by atoms with Crippen molar-refractivity contribution in [3.63, 3.8) is 0 Å². The Hall–Kier alpha value is -2.14. The molecular formula is C19H16ClNO4. The topological polar surface area (TPSA) is 63.7 Å². The quantitative estimate of drug-likeness (QED) is 0.464. The molecule has 0 radical (unpaired) electrons. The maximum atomic E-state index is 13.1. The maximum absolute atomic E-state index is 13.1. The third-order valence-electron chi connectivity index (χ3n) is 6.28. The Morgan fingerprint density at radius 1 is 1.12 bits per heavy atom. The highest BCUT2D eigenvalue weighted by atomic mass is 35.5. The number of carbonyl (C=O) groups excluding carboxylic acids is 3. The summed E-state index contributed by atoms with van der Waals surface area (Å²) < 4.78 is 4.73. The van der Waals surface area contributed by atoms with Crippen LogP contribution in [0.4, 0.5) is 5.69 Å². The fraction of sp³-hybridized carbons (Fsp3) is 0.421. The molecule has 3 fully saturated rings. The van der Waals surface area contributed by atoms with Crippen LogP contribution in [0.3, 0.4) is 0 Å². The van der Waals surface area contributed by atoms with Crippen LogP contribution in [-0.4, -0.2) is 24.9 Å². The van der Waals surface area contributed by atoms with Crippen molar-refractivity contribution >= 4 is 35.1 Å². The average molecular weight is 358 g/mol. The van der Waals surface area contributed by atoms with E-state index in [9.17, 15) is 14.4 Å². The summed E-state index contributed by atoms with van der Waals surface area (Å²) in [5.41, 5.74) is 0.545. The van der Waals surface area contributed by atoms with Gasteiger partial charge >= 0.3 is 5.97 Å². The van der Waals surface area contributed by atoms with E-state index in [0.29, 0.717) is 17.5 Å². The van der Waals surface area contributed by atoms with Gasteiger partial charge in [-0.05, 0) is 48.3 Å². The summed E-state index contributed by atoms with van der Waals surface area (Å²) in [7, 11) is 1.27. The van der Waals surface area contributed by atoms with Gasteiger partial charge in [-0.15, -0.1) is 0 Å². The van der Waals surface area contributed by atoms with Crippen LogP contribution < -0.4 is 4.90 Å². The first kappa shape index (κ1) is 15.1. The number of anilines is 1. The highest BCUT2D eigenvalue weighted by Gasteiger charge is 2.67. The molecule has 25 heavy (non-hydrogen) atoms. The number of ether oxygens (including phenoxy) is 1. The summed E-state index contributed by atoms with van der Waals surface area (Å²) in [4.78, 5) is 39.2. The standard InChI is InChI=1S/C19H16ClNO4/c1-25-19(24)13-6-8(2-5-14(13)20)21-17(22)15-9-3-4-10(12-7-11(9)12)16(15)18(21)23/h2-6,9-12,15-16H,7H2,1H3/t9-,10-,11-,12+,15-,16-/m1/s1. The van der Waals surface area contributed by atoms with E-state index in [1.165, 1.54) is 24.1 Å². The Bertz CT molecular complexity index is 827. The number of nitrogens with zero attached hydrogens (tertiary/aromatic N) is 1. The van der Waals surface area contributed by atoms with Crippen LogP contribution in [0.15, 0.2) is 30.4 Å². The molecule has 0 aromatic heterocycles. The molecule has 6 rings (SSSR count). The average Bonchev–Trinajstić information content (AvgIpc) is 3.39. The van der Waals surface area contributed by atoms with Crippen LogP contribution in [0, 0.1) is 35.5 Å². The van der Waals surface area contributed by atoms with Crippen molar-refractivity contribution in [3.05, 3.63) is 40.9 Å². The Balaban J connectivity index is 1.55. The first-order valence-electron chi connectivity index (χ1n) is 8.47. The summed E-state index contributed by atoms with van der Waals surface area (Å²) in [5, 5.41) is 0.232. The number of rotatable bonds is 2. The summed E-state index contributed by atoms with van der Waals surface area (Å²) >= 11 is 6.05. The first-order valence-corrected chi connectivity index (χ1v) is 8.84. The van der Waals surface area contributed by atoms with Crippen molar-refractivity contribution < 1.29 is 19.1 Å². The number of hydrogen-bond acceptors (Lipinski definition) is 4. The molecule has 128 valence electrons. The van der Waals surface area contributed by atoms with Crippen molar-refractivity contribution in [3.8, 4) is 0 Å². The van der Waals surface area contributed by atoms with Gasteiger partial charge in [0, 0.05) is 0 Å². The highest BCUT2D eigenvalue weighted by molar-refractivity contribution is 6.34. The van der Waals surface area contributed by atoms with E-state index in [2.05, 4.69) is 12.2 Å². The molecule has 1 aromatic carbocycles. The van der Waals surface area contributed by atoms with Crippen LogP contribution in [0.5, 0.6) is 0 Å². The van der Waals surface area contributed by atoms with Crippen LogP contribution in [0.25, 0.3) is 0 Å². The molecule has 0 unspecified atom stereocenters. The molecule has 4 aliphatic carbocycles. The van der Waals surface area contributed by atoms with Gasteiger partial charge in [-0.25, -0.2) is 9.69 Å². The summed E-state index contributed by atoms with van der Waals surface area (Å²) in [6.45, 7) is 0. The first-order chi connectivity index (χ1) is 12.0. The molecule has 6 heteroatoms. The Kier molecular flexibility index (Phi) is 2.99. The lowest BCUT2D eigenvalue weighted by molar-refractivity contribution is -0.124. The van der Waals surface area contributed by atoms with Gasteiger partial charge in [0.15, 0.2) is 0 Å². The van der Waals surface area contributed by atoms with E-state index in [1.807, 2.05) is 0 Å². The maximum Gasteiger partial charge on any atom is 0.339 e. The van der Waals surface area contributed by atoms with E-state index in [-0.39, 0.29) is 46.1 Å². The number of amides is 2. The van der Waals surface area contributed by atoms with Gasteiger partial charge in [-0.1, -0.05) is 23.8 Å². The largest absolute Gasteiger partial charge is 0.465 e. The van der Waals surface area contributed by atoms with Gasteiger partial charge in [0.25, 0.3) is 0 Å². The molecule has 2 bridgehead atoms. The van der Waals surface area contributed by atoms with Gasteiger partial charge in [-0.3, -0.25) is 9.59 Å². The number of carbonyl (C=O) groups is 3. The molecule has 2 amide bonds. The third kappa shape index (κ3) is 1.87. The smallest absolute Gasteiger partial charge is 0.339 e. The Labute approximate surface area is 149 Å². The molecule has 5 nitrogen and oxygen atoms in total. The fourth-order valence-electron chi connectivity index (χ4n) is 5.13. The molecule has 5 aliphatic rings. The number of allylic oxidation sites excluding steroid dienone is 2. The second-order valence-electron chi connectivity index (χ2n) is 7.32. The minimum atomic E-state index is -0.591. The van der Waals surface area contributed by atoms with E-state index in [0.717, 1.165) is 6.42 Å². The second kappa shape index (κ2) is 4.94. The molecular weight excluding hydrogens is 342 g/mol. The summed E-state index contributed by atoms with van der Waals surface area (Å²) in [5.74, 6) is 0.0456. The molecule has 6 atom stereocenters. The highest BCUT2D eigenvalue weighted by Crippen LogP contribution is 2.65. The molecule has 1 aromatic rings. The zero-order valence-corrected chi connectivity index (χ0v) is 14.3. The van der Waals surface area contributed by atoms with Gasteiger partial charge in [0.05, 0.1) is 35.2 Å². The van der Waals surface area contributed by atoms with E-state index in [1.54, 1.807) is 6.07 Å². The van der Waals surface area contributed by atoms with Crippen molar-refractivity contribution in [1.82, 2.24) is 0 Å². The van der Waals surface area contributed by atoms with E-state index >= 15 is 0 Å². The fourth-order valence-corrected chi connectivity index (χ4v) is 5.32. The third-order valence-corrected chi connectivity index (χ3v) is 6.61. The number of imide groups is 1. The lowest BCUT2D eigenvalue weighted by Crippen LogP contribution is -2.40. The molecule has 0 N–H and O–H groups in total. The normalized spacial score (nSPS) is 37.1. The summed E-state index contributed by atoms with van der Waals surface area (Å²) in [6, 6.07) is 4.60. The Morgan fingerprint density at radius 2 is 1.72 bits per heavy atom. The number of esters is 1. The van der Waals surface area contributed by atoms with Crippen LogP contribution in [-0.2, 0) is 14.3 Å². The van der Waals surface area contributed by atoms with Crippen LogP contribution in [0.2, 0.25) is 5.02 Å². The van der Waals surface area contributed by atoms with Gasteiger partial charge in [0.2, 0.25) is 11.8 Å². The molecule has 0 spiro atoms. The molecule has 1 saturated heterocycles. The number of benzene rings is 1. The van der Waals surface area contributed by atoms with Crippen molar-refractivity contribution in [1.29, 1.82) is 0 Å². The van der Waals surface area contributed by atoms with E-state index < -0.39 is 5.97 Å². The van der Waals surface area contributed by atoms with Gasteiger partial charge in [0.1, 0.15) is 0 Å². The lowest BCUT2D eigenvalue weighted by atomic mass is 9.63. The number of halogens is 1. The SMILES string of the molecule is COC(=O)c1cc(N2C(=O)[C@@H]3[C@@H]4C=C[C@H]([C@@H]5C[C@H]45)[C@H]3C2=O)ccc1Cl. The molecule has 1 aliphatic heterocycles. The molecule has 1 heterocycles. The van der Waals surface area contributed by atoms with Crippen LogP contribution in [0.1, 0.15) is 16.8 Å². The zero-order valence-electron chi connectivity index (χ0n) is 13.5. The van der Waals surface area contributed by atoms with Crippen molar-refractivity contribution in [2.24, 2.45) is 35.5 Å². The minimum Gasteiger partial charge on any atom is -0.465 e. The predicted octanol–water partition coefficient (Wildman–Crippen LogP) is 2.68. The van der Waals surface area contributed by atoms with Gasteiger partial charge < -0.3 is 4.74 Å². The lowest BCUT2D eigenvalue weighted by Gasteiger charge is -2.37. The van der Waals surface area contributed by atoms with Gasteiger partial charge in [-0.2, -0.15) is 0 Å². The molecule has 2 saturated carbocycles. The zero-order chi connectivity index (χ0) is 17.5. The monoisotopic (exact) mass is 357 g/mol. The van der Waals surface area contributed by atoms with Crippen molar-refractivity contribution in [2.75, 3.05) is 12.0 Å². The predicted molar refractivity (Wildman–Crippen MR) is 90.0 cm³/mol. The van der Waals surface area contributed by atoms with Crippen LogP contribution >= 0.6 is 11.6 Å². The number of hydrogen-bond donors (Lipinski definition) is 0. The van der Waals surface area contributed by atoms with Crippen molar-refractivity contribution in [2.45, 2.75) is 6.42 Å². The Morgan fingerprint density at radius 3 is 2.28 bits per heavy atom. The minimum absolute atomic E-state index is 0.154. The van der Waals surface area contributed by atoms with E-state index in [4.69, 9.17) is 16.3 Å². The second-order valence-corrected chi connectivity index (χ2v) is 7.73. The number of methoxy groups -OCH3 is 1.